The number of nitrogens with zero attached hydrogens (tertiary/aromatic N) is 2. The number of halogens is 1. The molecule has 0 fully saturated rings. The van der Waals surface area contributed by atoms with Crippen molar-refractivity contribution in [1.82, 2.24) is 14.9 Å². The van der Waals surface area contributed by atoms with Gasteiger partial charge in [0.1, 0.15) is 17.3 Å². The summed E-state index contributed by atoms with van der Waals surface area (Å²) in [6.45, 7) is 11.4. The normalized spacial score (nSPS) is 10.6. The number of benzene rings is 1. The predicted molar refractivity (Wildman–Crippen MR) is 101 cm³/mol. The quantitative estimate of drug-likeness (QED) is 0.520. The minimum absolute atomic E-state index is 0.335. The van der Waals surface area contributed by atoms with Crippen LogP contribution in [0.3, 0.4) is 0 Å². The van der Waals surface area contributed by atoms with E-state index >= 15 is 0 Å². The summed E-state index contributed by atoms with van der Waals surface area (Å²) in [6, 6.07) is 6.43. The smallest absolute Gasteiger partial charge is 0.209 e. The molecule has 4 N–H and O–H groups in total. The lowest BCUT2D eigenvalue weighted by Gasteiger charge is -2.17. The molecule has 0 unspecified atom stereocenters. The Morgan fingerprint density at radius 1 is 1.40 bits per heavy atom. The van der Waals surface area contributed by atoms with E-state index in [9.17, 15) is 4.39 Å². The van der Waals surface area contributed by atoms with Gasteiger partial charge in [-0.3, -0.25) is 4.57 Å². The molecule has 134 valence electrons. The lowest BCUT2D eigenvalue weighted by molar-refractivity contribution is 0.530. The maximum Gasteiger partial charge on any atom is 0.209 e. The van der Waals surface area contributed by atoms with Crippen LogP contribution in [0.5, 0.6) is 0 Å². The van der Waals surface area contributed by atoms with E-state index in [4.69, 9.17) is 5.41 Å². The van der Waals surface area contributed by atoms with Crippen molar-refractivity contribution >= 4 is 23.7 Å². The fourth-order valence-corrected chi connectivity index (χ4v) is 2.43. The van der Waals surface area contributed by atoms with Crippen molar-refractivity contribution in [2.45, 2.75) is 27.3 Å². The number of imidazole rings is 1. The van der Waals surface area contributed by atoms with E-state index in [1.165, 1.54) is 12.3 Å². The number of hydrogen-bond acceptors (Lipinski definition) is 5. The van der Waals surface area contributed by atoms with E-state index in [-0.39, 0.29) is 5.82 Å². The van der Waals surface area contributed by atoms with Crippen LogP contribution in [0.25, 0.3) is 0 Å². The lowest BCUT2D eigenvalue weighted by atomic mass is 10.2. The largest absolute Gasteiger partial charge is 0.372 e. The third kappa shape index (κ3) is 4.59. The lowest BCUT2D eigenvalue weighted by Crippen LogP contribution is -2.21. The van der Waals surface area contributed by atoms with Crippen LogP contribution in [0, 0.1) is 17.1 Å². The molecule has 25 heavy (non-hydrogen) atoms. The van der Waals surface area contributed by atoms with Gasteiger partial charge in [-0.2, -0.15) is 0 Å². The molecular weight excluding hydrogens is 319 g/mol. The van der Waals surface area contributed by atoms with Crippen LogP contribution in [0.1, 0.15) is 26.5 Å². The van der Waals surface area contributed by atoms with Crippen LogP contribution >= 0.6 is 0 Å². The fourth-order valence-electron chi connectivity index (χ4n) is 2.43. The zero-order valence-corrected chi connectivity index (χ0v) is 14.9. The second-order valence-corrected chi connectivity index (χ2v) is 6.06. The third-order valence-electron chi connectivity index (χ3n) is 3.46. The number of aromatic nitrogens is 2. The monoisotopic (exact) mass is 344 g/mol. The number of para-hydroxylation sites is 1. The molecular formula is C18H25FN6. The van der Waals surface area contributed by atoms with Gasteiger partial charge in [-0.15, -0.1) is 0 Å². The Hall–Kier alpha value is -2.83. The number of rotatable bonds is 9. The molecule has 0 spiro atoms. The highest BCUT2D eigenvalue weighted by Gasteiger charge is 2.18. The Labute approximate surface area is 147 Å². The molecule has 0 aliphatic carbocycles. The number of hydrogen-bond donors (Lipinski definition) is 4. The summed E-state index contributed by atoms with van der Waals surface area (Å²) in [6.07, 6.45) is 1.17. The van der Waals surface area contributed by atoms with Gasteiger partial charge in [-0.05, 0) is 25.0 Å². The van der Waals surface area contributed by atoms with Gasteiger partial charge in [-0.1, -0.05) is 32.6 Å². The highest BCUT2D eigenvalue weighted by Crippen LogP contribution is 2.26. The molecule has 0 atom stereocenters. The minimum Gasteiger partial charge on any atom is -0.372 e. The summed E-state index contributed by atoms with van der Waals surface area (Å²) in [4.78, 5) is 4.44. The van der Waals surface area contributed by atoms with E-state index in [2.05, 4.69) is 41.4 Å². The molecule has 2 aromatic rings. The van der Waals surface area contributed by atoms with Gasteiger partial charge >= 0.3 is 0 Å². The molecule has 0 saturated carbocycles. The van der Waals surface area contributed by atoms with Gasteiger partial charge in [0.15, 0.2) is 0 Å². The molecule has 2 rings (SSSR count). The van der Waals surface area contributed by atoms with Crippen LogP contribution in [-0.2, 0) is 6.54 Å². The number of anilines is 3. The van der Waals surface area contributed by atoms with Gasteiger partial charge in [0, 0.05) is 19.3 Å². The summed E-state index contributed by atoms with van der Waals surface area (Å²) >= 11 is 0. The van der Waals surface area contributed by atoms with E-state index in [0.717, 1.165) is 6.54 Å². The first-order valence-electron chi connectivity index (χ1n) is 8.28. The van der Waals surface area contributed by atoms with Crippen molar-refractivity contribution in [2.24, 2.45) is 5.92 Å². The summed E-state index contributed by atoms with van der Waals surface area (Å²) in [5.74, 6) is 1.72. The van der Waals surface area contributed by atoms with Gasteiger partial charge in [0.2, 0.25) is 5.95 Å². The average Bonchev–Trinajstić information content (AvgIpc) is 2.86. The molecule has 0 saturated heterocycles. The standard InChI is InChI=1S/C18H25FN6/c1-5-21-13(4)22-17-16(10-20)24-18(25(17)11-12(2)3)23-15-9-7-6-8-14(15)19/h6-10,12,20-22H,4-5,11H2,1-3H3,(H,23,24). The van der Waals surface area contributed by atoms with Crippen molar-refractivity contribution in [3.05, 3.63) is 48.2 Å². The van der Waals surface area contributed by atoms with Crippen molar-refractivity contribution < 1.29 is 4.39 Å². The molecule has 6 nitrogen and oxygen atoms in total. The summed E-state index contributed by atoms with van der Waals surface area (Å²) < 4.78 is 15.9. The van der Waals surface area contributed by atoms with Gasteiger partial charge in [0.25, 0.3) is 0 Å². The zero-order valence-electron chi connectivity index (χ0n) is 14.9. The van der Waals surface area contributed by atoms with E-state index < -0.39 is 0 Å². The van der Waals surface area contributed by atoms with E-state index in [1.807, 2.05) is 11.5 Å². The molecule has 0 aliphatic heterocycles. The SMILES string of the molecule is C=C(NCC)Nc1c(C=N)nc(Nc2ccccc2F)n1CC(C)C. The Morgan fingerprint density at radius 2 is 2.12 bits per heavy atom. The second-order valence-electron chi connectivity index (χ2n) is 6.06. The van der Waals surface area contributed by atoms with Crippen LogP contribution < -0.4 is 16.0 Å². The first-order chi connectivity index (χ1) is 12.0. The first kappa shape index (κ1) is 18.5. The van der Waals surface area contributed by atoms with Crippen LogP contribution in [0.15, 0.2) is 36.7 Å². The molecule has 0 amide bonds. The minimum atomic E-state index is -0.357. The van der Waals surface area contributed by atoms with Crippen LogP contribution in [0.2, 0.25) is 0 Å². The average molecular weight is 344 g/mol. The highest BCUT2D eigenvalue weighted by molar-refractivity contribution is 5.84. The molecule has 7 heteroatoms. The molecule has 1 heterocycles. The fraction of sp³-hybridized carbons (Fsp3) is 0.333. The van der Waals surface area contributed by atoms with Crippen LogP contribution in [-0.4, -0.2) is 22.3 Å². The third-order valence-corrected chi connectivity index (χ3v) is 3.46. The summed E-state index contributed by atoms with van der Waals surface area (Å²) in [7, 11) is 0. The van der Waals surface area contributed by atoms with Crippen molar-refractivity contribution in [3.63, 3.8) is 0 Å². The Kier molecular flexibility index (Phi) is 6.16. The second kappa shape index (κ2) is 8.32. The molecule has 1 aromatic carbocycles. The Balaban J connectivity index is 2.44. The first-order valence-corrected chi connectivity index (χ1v) is 8.28. The van der Waals surface area contributed by atoms with Crippen molar-refractivity contribution in [3.8, 4) is 0 Å². The summed E-state index contributed by atoms with van der Waals surface area (Å²) in [5, 5.41) is 16.9. The zero-order chi connectivity index (χ0) is 18.4. The summed E-state index contributed by atoms with van der Waals surface area (Å²) in [5.41, 5.74) is 0.796. The maximum absolute atomic E-state index is 14.0. The van der Waals surface area contributed by atoms with Gasteiger partial charge < -0.3 is 21.4 Å². The number of nitrogens with one attached hydrogen (secondary N) is 4. The maximum atomic E-state index is 14.0. The van der Waals surface area contributed by atoms with Gasteiger partial charge in [-0.25, -0.2) is 9.37 Å². The van der Waals surface area contributed by atoms with Crippen molar-refractivity contribution in [2.75, 3.05) is 17.2 Å². The van der Waals surface area contributed by atoms with Crippen molar-refractivity contribution in [1.29, 1.82) is 5.41 Å². The van der Waals surface area contributed by atoms with Gasteiger partial charge in [0.05, 0.1) is 11.5 Å². The molecule has 1 aromatic heterocycles. The molecule has 0 bridgehead atoms. The molecule has 0 aliphatic rings. The van der Waals surface area contributed by atoms with Crippen LogP contribution in [0.4, 0.5) is 21.8 Å². The molecule has 0 radical (unpaired) electrons. The Bertz CT molecular complexity index is 750. The van der Waals surface area contributed by atoms with E-state index in [1.54, 1.807) is 18.2 Å². The predicted octanol–water partition coefficient (Wildman–Crippen LogP) is 3.91. The Morgan fingerprint density at radius 3 is 2.72 bits per heavy atom. The topological polar surface area (TPSA) is 77.8 Å². The van der Waals surface area contributed by atoms with E-state index in [0.29, 0.717) is 41.4 Å². The highest BCUT2D eigenvalue weighted by atomic mass is 19.1.